The maximum atomic E-state index is 12.7. The lowest BCUT2D eigenvalue weighted by Crippen LogP contribution is -2.14. The van der Waals surface area contributed by atoms with Gasteiger partial charge >= 0.3 is 12.4 Å². The van der Waals surface area contributed by atoms with Crippen LogP contribution in [-0.2, 0) is 12.4 Å². The summed E-state index contributed by atoms with van der Waals surface area (Å²) in [6.45, 7) is 0. The molecular weight excluding hydrogens is 304 g/mol. The van der Waals surface area contributed by atoms with Crippen LogP contribution in [0.3, 0.4) is 0 Å². The summed E-state index contributed by atoms with van der Waals surface area (Å²) in [7, 11) is 0. The number of rotatable bonds is 2. The lowest BCUT2D eigenvalue weighted by Gasteiger charge is -2.11. The zero-order valence-corrected chi connectivity index (χ0v) is 10.00. The largest absolute Gasteiger partial charge is 0.435 e. The lowest BCUT2D eigenvalue weighted by atomic mass is 10.2. The van der Waals surface area contributed by atoms with E-state index in [4.69, 9.17) is 5.84 Å². The number of nitrogens with one attached hydrogen (secondary N) is 1. The number of nitrogen functional groups attached to an aromatic ring is 1. The molecule has 0 aromatic carbocycles. The van der Waals surface area contributed by atoms with Gasteiger partial charge in [0.1, 0.15) is 5.82 Å². The molecule has 0 radical (unpaired) electrons. The fraction of sp³-hybridized carbons (Fsp3) is 0.200. The standard InChI is InChI=1S/C10H7F6N5/c11-9(12,13)5-3-7(19-17)18-8(4-5)21-2-1-6(20-21)10(14,15)16/h1-4H,17H2,(H,18,19). The average Bonchev–Trinajstić information content (AvgIpc) is 2.86. The summed E-state index contributed by atoms with van der Waals surface area (Å²) in [5, 5.41) is 3.14. The van der Waals surface area contributed by atoms with Crippen LogP contribution in [0.25, 0.3) is 5.82 Å². The third kappa shape index (κ3) is 3.24. The maximum absolute atomic E-state index is 12.7. The Bertz CT molecular complexity index is 644. The van der Waals surface area contributed by atoms with Gasteiger partial charge in [-0.1, -0.05) is 0 Å². The van der Waals surface area contributed by atoms with Crippen LogP contribution >= 0.6 is 0 Å². The van der Waals surface area contributed by atoms with Crippen LogP contribution in [0.5, 0.6) is 0 Å². The molecule has 2 heterocycles. The second-order valence-corrected chi connectivity index (χ2v) is 3.88. The minimum atomic E-state index is -4.71. The predicted octanol–water partition coefficient (Wildman–Crippen LogP) is 2.59. The highest BCUT2D eigenvalue weighted by atomic mass is 19.4. The molecule has 0 saturated carbocycles. The summed E-state index contributed by atoms with van der Waals surface area (Å²) >= 11 is 0. The Morgan fingerprint density at radius 1 is 1.05 bits per heavy atom. The molecule has 0 bridgehead atoms. The second kappa shape index (κ2) is 4.91. The topological polar surface area (TPSA) is 68.8 Å². The van der Waals surface area contributed by atoms with Crippen molar-refractivity contribution in [1.82, 2.24) is 14.8 Å². The van der Waals surface area contributed by atoms with Crippen molar-refractivity contribution in [2.75, 3.05) is 5.43 Å². The maximum Gasteiger partial charge on any atom is 0.435 e. The predicted molar refractivity (Wildman–Crippen MR) is 59.2 cm³/mol. The van der Waals surface area contributed by atoms with Crippen molar-refractivity contribution in [3.8, 4) is 5.82 Å². The van der Waals surface area contributed by atoms with Crippen LogP contribution in [0.15, 0.2) is 24.4 Å². The van der Waals surface area contributed by atoms with Gasteiger partial charge in [-0.05, 0) is 18.2 Å². The second-order valence-electron chi connectivity index (χ2n) is 3.88. The lowest BCUT2D eigenvalue weighted by molar-refractivity contribution is -0.141. The third-order valence-corrected chi connectivity index (χ3v) is 2.40. The Labute approximate surface area is 113 Å². The van der Waals surface area contributed by atoms with Crippen LogP contribution in [0, 0.1) is 0 Å². The van der Waals surface area contributed by atoms with E-state index >= 15 is 0 Å². The van der Waals surface area contributed by atoms with E-state index in [1.807, 2.05) is 5.43 Å². The number of hydrogen-bond acceptors (Lipinski definition) is 4. The number of hydrogen-bond donors (Lipinski definition) is 2. The van der Waals surface area contributed by atoms with Crippen LogP contribution in [0.2, 0.25) is 0 Å². The summed E-state index contributed by atoms with van der Waals surface area (Å²) in [5.74, 6) is 4.19. The van der Waals surface area contributed by atoms with E-state index in [1.54, 1.807) is 0 Å². The normalized spacial score (nSPS) is 12.5. The number of anilines is 1. The molecule has 5 nitrogen and oxygen atoms in total. The van der Waals surface area contributed by atoms with Crippen LogP contribution in [-0.4, -0.2) is 14.8 Å². The van der Waals surface area contributed by atoms with Crippen molar-refractivity contribution in [3.05, 3.63) is 35.7 Å². The first-order chi connectivity index (χ1) is 9.61. The number of halogens is 6. The summed E-state index contributed by atoms with van der Waals surface area (Å²) in [6.07, 6.45) is -8.56. The van der Waals surface area contributed by atoms with Gasteiger partial charge in [0.05, 0.1) is 5.56 Å². The van der Waals surface area contributed by atoms with Crippen molar-refractivity contribution in [1.29, 1.82) is 0 Å². The van der Waals surface area contributed by atoms with Gasteiger partial charge in [-0.15, -0.1) is 0 Å². The summed E-state index contributed by atoms with van der Waals surface area (Å²) in [6, 6.07) is 1.81. The highest BCUT2D eigenvalue weighted by Crippen LogP contribution is 2.32. The molecule has 2 aromatic rings. The Balaban J connectivity index is 2.51. The first-order valence-electron chi connectivity index (χ1n) is 5.30. The molecule has 0 amide bonds. The molecular formula is C10H7F6N5. The molecule has 0 spiro atoms. The van der Waals surface area contributed by atoms with Crippen molar-refractivity contribution < 1.29 is 26.3 Å². The highest BCUT2D eigenvalue weighted by Gasteiger charge is 2.34. The Morgan fingerprint density at radius 2 is 1.71 bits per heavy atom. The Hall–Kier alpha value is -2.30. The van der Waals surface area contributed by atoms with E-state index in [1.165, 1.54) is 0 Å². The van der Waals surface area contributed by atoms with Crippen molar-refractivity contribution in [3.63, 3.8) is 0 Å². The van der Waals surface area contributed by atoms with Crippen molar-refractivity contribution >= 4 is 5.82 Å². The number of nitrogens with zero attached hydrogens (tertiary/aromatic N) is 3. The van der Waals surface area contributed by atoms with E-state index in [0.29, 0.717) is 22.9 Å². The van der Waals surface area contributed by atoms with Gasteiger partial charge in [-0.3, -0.25) is 0 Å². The Morgan fingerprint density at radius 3 is 2.19 bits per heavy atom. The molecule has 3 N–H and O–H groups in total. The molecule has 114 valence electrons. The van der Waals surface area contributed by atoms with Gasteiger partial charge in [0.15, 0.2) is 11.5 Å². The van der Waals surface area contributed by atoms with Crippen LogP contribution in [0.4, 0.5) is 32.2 Å². The first-order valence-corrected chi connectivity index (χ1v) is 5.30. The molecule has 0 saturated heterocycles. The molecule has 21 heavy (non-hydrogen) atoms. The van der Waals surface area contributed by atoms with Gasteiger partial charge in [0.25, 0.3) is 0 Å². The summed E-state index contributed by atoms with van der Waals surface area (Å²) in [4.78, 5) is 3.63. The van der Waals surface area contributed by atoms with E-state index in [0.717, 1.165) is 6.20 Å². The minimum absolute atomic E-state index is 0.358. The van der Waals surface area contributed by atoms with Gasteiger partial charge in [-0.25, -0.2) is 15.5 Å². The quantitative estimate of drug-likeness (QED) is 0.508. The van der Waals surface area contributed by atoms with Gasteiger partial charge in [0.2, 0.25) is 0 Å². The molecule has 11 heteroatoms. The number of hydrazine groups is 1. The molecule has 2 aromatic heterocycles. The van der Waals surface area contributed by atoms with Crippen molar-refractivity contribution in [2.24, 2.45) is 5.84 Å². The minimum Gasteiger partial charge on any atom is -0.308 e. The van der Waals surface area contributed by atoms with Crippen LogP contribution < -0.4 is 11.3 Å². The fourth-order valence-corrected chi connectivity index (χ4v) is 1.47. The third-order valence-electron chi connectivity index (χ3n) is 2.40. The smallest absolute Gasteiger partial charge is 0.308 e. The molecule has 0 aliphatic heterocycles. The first kappa shape index (κ1) is 15.1. The monoisotopic (exact) mass is 311 g/mol. The number of pyridine rings is 1. The number of alkyl halides is 6. The fourth-order valence-electron chi connectivity index (χ4n) is 1.47. The molecule has 0 fully saturated rings. The molecule has 2 rings (SSSR count). The number of aromatic nitrogens is 3. The van der Waals surface area contributed by atoms with E-state index in [-0.39, 0.29) is 5.82 Å². The van der Waals surface area contributed by atoms with E-state index in [2.05, 4.69) is 10.1 Å². The zero-order chi connectivity index (χ0) is 15.8. The van der Waals surface area contributed by atoms with Gasteiger partial charge in [-0.2, -0.15) is 31.4 Å². The molecule has 0 unspecified atom stereocenters. The average molecular weight is 311 g/mol. The van der Waals surface area contributed by atoms with Gasteiger partial charge in [0, 0.05) is 6.20 Å². The highest BCUT2D eigenvalue weighted by molar-refractivity contribution is 5.44. The van der Waals surface area contributed by atoms with Crippen molar-refractivity contribution in [2.45, 2.75) is 12.4 Å². The SMILES string of the molecule is NNc1cc(C(F)(F)F)cc(-n2ccc(C(F)(F)F)n2)n1. The van der Waals surface area contributed by atoms with E-state index in [9.17, 15) is 26.3 Å². The Kier molecular flexibility index (Phi) is 3.53. The molecule has 0 atom stereocenters. The van der Waals surface area contributed by atoms with Gasteiger partial charge < -0.3 is 5.43 Å². The summed E-state index contributed by atoms with van der Waals surface area (Å²) < 4.78 is 75.9. The molecule has 0 aliphatic rings. The number of nitrogens with two attached hydrogens (primary N) is 1. The summed E-state index contributed by atoms with van der Waals surface area (Å²) in [5.41, 5.74) is -0.455. The van der Waals surface area contributed by atoms with E-state index < -0.39 is 29.4 Å². The van der Waals surface area contributed by atoms with Crippen LogP contribution in [0.1, 0.15) is 11.3 Å². The zero-order valence-electron chi connectivity index (χ0n) is 10.00. The molecule has 0 aliphatic carbocycles.